The summed E-state index contributed by atoms with van der Waals surface area (Å²) in [7, 11) is 0. The van der Waals surface area contributed by atoms with Gasteiger partial charge >= 0.3 is 11.9 Å². The van der Waals surface area contributed by atoms with Crippen LogP contribution in [0, 0.1) is 0 Å². The summed E-state index contributed by atoms with van der Waals surface area (Å²) >= 11 is 0. The Morgan fingerprint density at radius 1 is 0.771 bits per heavy atom. The molecule has 0 atom stereocenters. The molecule has 0 fully saturated rings. The van der Waals surface area contributed by atoms with Crippen LogP contribution in [0.1, 0.15) is 37.4 Å². The number of hydrogen-bond donors (Lipinski definition) is 4. The zero-order valence-electron chi connectivity index (χ0n) is 17.6. The van der Waals surface area contributed by atoms with E-state index in [9.17, 15) is 30.0 Å². The van der Waals surface area contributed by atoms with Gasteiger partial charge in [-0.25, -0.2) is 9.59 Å². The maximum absolute atomic E-state index is 13.1. The molecule has 6 rings (SSSR count). The molecule has 0 unspecified atom stereocenters. The highest BCUT2D eigenvalue weighted by Crippen LogP contribution is 2.57. The predicted molar refractivity (Wildman–Crippen MR) is 117 cm³/mol. The molecule has 3 heterocycles. The van der Waals surface area contributed by atoms with E-state index in [1.54, 1.807) is 12.1 Å². The van der Waals surface area contributed by atoms with Gasteiger partial charge in [0.15, 0.2) is 5.60 Å². The number of carbonyl (C=O) groups is 2. The van der Waals surface area contributed by atoms with Gasteiger partial charge in [-0.2, -0.15) is 0 Å². The Balaban J connectivity index is 1.50. The average Bonchev–Trinajstić information content (AvgIpc) is 3.30. The van der Waals surface area contributed by atoms with Crippen molar-refractivity contribution in [1.29, 1.82) is 0 Å². The van der Waals surface area contributed by atoms with Crippen molar-refractivity contribution in [3.05, 3.63) is 94.5 Å². The first-order chi connectivity index (χ1) is 16.8. The Bertz CT molecular complexity index is 1500. The zero-order chi connectivity index (χ0) is 24.5. The third-order valence-electron chi connectivity index (χ3n) is 5.98. The number of fused-ring (bicyclic) bond motifs is 6. The molecule has 1 spiro atoms. The van der Waals surface area contributed by atoms with Gasteiger partial charge in [0.2, 0.25) is 11.8 Å². The van der Waals surface area contributed by atoms with Gasteiger partial charge in [0.05, 0.1) is 11.1 Å². The quantitative estimate of drug-likeness (QED) is 0.322. The van der Waals surface area contributed by atoms with Crippen LogP contribution in [-0.2, 0) is 10.3 Å². The maximum atomic E-state index is 13.1. The summed E-state index contributed by atoms with van der Waals surface area (Å²) in [5.74, 6) is -2.32. The number of aromatic nitrogens is 1. The molecule has 0 bridgehead atoms. The van der Waals surface area contributed by atoms with Crippen LogP contribution in [0.15, 0.2) is 66.7 Å². The molecular formula is C25H15NO9. The third-order valence-corrected chi connectivity index (χ3v) is 5.98. The van der Waals surface area contributed by atoms with Crippen LogP contribution in [0.25, 0.3) is 0 Å². The summed E-state index contributed by atoms with van der Waals surface area (Å²) in [6.45, 7) is 0. The molecule has 35 heavy (non-hydrogen) atoms. The first-order valence-corrected chi connectivity index (χ1v) is 10.3. The van der Waals surface area contributed by atoms with Crippen LogP contribution in [-0.4, -0.2) is 37.1 Å². The van der Waals surface area contributed by atoms with Gasteiger partial charge in [-0.15, -0.1) is 4.73 Å². The normalized spacial score (nSPS) is 14.5. The summed E-state index contributed by atoms with van der Waals surface area (Å²) in [6.07, 6.45) is 0. The third kappa shape index (κ3) is 2.83. The van der Waals surface area contributed by atoms with Crippen LogP contribution in [0.3, 0.4) is 0 Å². The highest BCUT2D eigenvalue weighted by molar-refractivity contribution is 6.00. The molecule has 2 aliphatic heterocycles. The second kappa shape index (κ2) is 6.94. The van der Waals surface area contributed by atoms with Crippen molar-refractivity contribution >= 4 is 11.9 Å². The fraction of sp³-hybridized carbons (Fsp3) is 0.0400. The summed E-state index contributed by atoms with van der Waals surface area (Å²) in [5, 5.41) is 39.4. The number of esters is 1. The summed E-state index contributed by atoms with van der Waals surface area (Å²) in [6, 6.07) is 15.3. The Hall–Kier alpha value is -5.12. The van der Waals surface area contributed by atoms with Gasteiger partial charge in [-0.3, -0.25) is 0 Å². The van der Waals surface area contributed by atoms with E-state index in [-0.39, 0.29) is 34.1 Å². The van der Waals surface area contributed by atoms with Crippen molar-refractivity contribution in [2.45, 2.75) is 5.60 Å². The lowest BCUT2D eigenvalue weighted by Gasteiger charge is -2.36. The van der Waals surface area contributed by atoms with Gasteiger partial charge in [0.1, 0.15) is 23.0 Å². The number of ether oxygens (including phenoxy) is 2. The average molecular weight is 473 g/mol. The van der Waals surface area contributed by atoms with E-state index in [0.29, 0.717) is 21.4 Å². The standard InChI is InChI=1S/C25H15NO9/c27-13-2-5-17-19(10-13)33-20-11-14(28)3-6-18(20)25(17)16-4-1-12(9-15(16)24(32)34-25)23(31)35-26-21(29)7-8-22(26)30/h1-11,27-30H. The van der Waals surface area contributed by atoms with Gasteiger partial charge in [-0.05, 0) is 36.4 Å². The van der Waals surface area contributed by atoms with Crippen molar-refractivity contribution in [3.8, 4) is 34.8 Å². The monoisotopic (exact) mass is 473 g/mol. The highest BCUT2D eigenvalue weighted by atomic mass is 16.7. The number of aromatic hydroxyl groups is 4. The predicted octanol–water partition coefficient (Wildman–Crippen LogP) is 3.15. The molecule has 0 saturated heterocycles. The molecule has 4 aromatic rings. The number of nitrogens with zero attached hydrogens (tertiary/aromatic N) is 1. The first kappa shape index (κ1) is 20.5. The van der Waals surface area contributed by atoms with E-state index < -0.39 is 29.3 Å². The van der Waals surface area contributed by atoms with E-state index in [4.69, 9.17) is 14.3 Å². The molecule has 10 nitrogen and oxygen atoms in total. The second-order valence-corrected chi connectivity index (χ2v) is 8.02. The van der Waals surface area contributed by atoms with Crippen LogP contribution in [0.4, 0.5) is 0 Å². The number of phenolic OH excluding ortho intramolecular Hbond substituents is 2. The van der Waals surface area contributed by atoms with Gasteiger partial charge in [-0.1, -0.05) is 6.07 Å². The summed E-state index contributed by atoms with van der Waals surface area (Å²) in [4.78, 5) is 30.8. The van der Waals surface area contributed by atoms with Crippen molar-refractivity contribution in [3.63, 3.8) is 0 Å². The number of carbonyl (C=O) groups excluding carboxylic acids is 2. The number of benzene rings is 3. The Labute approximate surface area is 196 Å². The number of phenols is 2. The molecule has 1 aromatic heterocycles. The van der Waals surface area contributed by atoms with Crippen LogP contribution < -0.4 is 9.57 Å². The topological polar surface area (TPSA) is 148 Å². The largest absolute Gasteiger partial charge is 0.508 e. The lowest BCUT2D eigenvalue weighted by molar-refractivity contribution is 0.0224. The van der Waals surface area contributed by atoms with E-state index in [1.165, 1.54) is 42.5 Å². The lowest BCUT2D eigenvalue weighted by atomic mass is 9.77. The van der Waals surface area contributed by atoms with Crippen LogP contribution >= 0.6 is 0 Å². The smallest absolute Gasteiger partial charge is 0.363 e. The van der Waals surface area contributed by atoms with E-state index in [0.717, 1.165) is 12.1 Å². The van der Waals surface area contributed by atoms with Crippen LogP contribution in [0.2, 0.25) is 0 Å². The van der Waals surface area contributed by atoms with Crippen molar-refractivity contribution in [2.75, 3.05) is 0 Å². The minimum atomic E-state index is -1.46. The van der Waals surface area contributed by atoms with Crippen molar-refractivity contribution in [2.24, 2.45) is 0 Å². The fourth-order valence-corrected chi connectivity index (χ4v) is 4.46. The Morgan fingerprint density at radius 3 is 1.94 bits per heavy atom. The minimum Gasteiger partial charge on any atom is -0.508 e. The van der Waals surface area contributed by atoms with E-state index in [1.807, 2.05) is 0 Å². The molecular weight excluding hydrogens is 458 g/mol. The molecule has 0 saturated carbocycles. The van der Waals surface area contributed by atoms with Gasteiger partial charge < -0.3 is 34.7 Å². The van der Waals surface area contributed by atoms with E-state index >= 15 is 0 Å². The van der Waals surface area contributed by atoms with Crippen molar-refractivity contribution in [1.82, 2.24) is 4.73 Å². The molecule has 0 aliphatic carbocycles. The fourth-order valence-electron chi connectivity index (χ4n) is 4.46. The molecule has 174 valence electrons. The van der Waals surface area contributed by atoms with Gasteiger partial charge in [0, 0.05) is 41.0 Å². The molecule has 10 heteroatoms. The minimum absolute atomic E-state index is 0.0332. The maximum Gasteiger partial charge on any atom is 0.363 e. The van der Waals surface area contributed by atoms with Crippen LogP contribution in [0.5, 0.6) is 34.8 Å². The second-order valence-electron chi connectivity index (χ2n) is 8.02. The van der Waals surface area contributed by atoms with Gasteiger partial charge in [0.25, 0.3) is 0 Å². The van der Waals surface area contributed by atoms with Crippen molar-refractivity contribution < 1.29 is 44.3 Å². The number of rotatable bonds is 2. The Morgan fingerprint density at radius 2 is 1.34 bits per heavy atom. The lowest BCUT2D eigenvalue weighted by Crippen LogP contribution is -2.33. The molecule has 4 N–H and O–H groups in total. The highest BCUT2D eigenvalue weighted by Gasteiger charge is 2.53. The summed E-state index contributed by atoms with van der Waals surface area (Å²) < 4.78 is 12.4. The molecule has 0 radical (unpaired) electrons. The molecule has 3 aromatic carbocycles. The molecule has 2 aliphatic rings. The summed E-state index contributed by atoms with van der Waals surface area (Å²) in [5.41, 5.74) is -0.116. The number of hydrogen-bond acceptors (Lipinski definition) is 9. The van der Waals surface area contributed by atoms with E-state index in [2.05, 4.69) is 0 Å². The zero-order valence-corrected chi connectivity index (χ0v) is 17.6. The Kier molecular flexibility index (Phi) is 4.06. The first-order valence-electron chi connectivity index (χ1n) is 10.3. The molecule has 0 amide bonds. The SMILES string of the molecule is O=C(On1c(O)ccc1O)c1ccc2c(c1)C(=O)OC21c2ccc(O)cc2Oc2cc(O)ccc21.